The molecule has 0 saturated heterocycles. The zero-order valence-corrected chi connectivity index (χ0v) is 11.0. The summed E-state index contributed by atoms with van der Waals surface area (Å²) in [6.07, 6.45) is 1.73. The maximum atomic E-state index is 12.9. The Morgan fingerprint density at radius 2 is 1.74 bits per heavy atom. The molecular weight excluding hydrogens is 241 g/mol. The predicted molar refractivity (Wildman–Crippen MR) is 75.7 cm³/mol. The predicted octanol–water partition coefficient (Wildman–Crippen LogP) is 4.25. The van der Waals surface area contributed by atoms with Gasteiger partial charge in [-0.15, -0.1) is 0 Å². The maximum absolute atomic E-state index is 12.9. The third-order valence-corrected chi connectivity index (χ3v) is 2.58. The van der Waals surface area contributed by atoms with Gasteiger partial charge in [-0.1, -0.05) is 41.6 Å². The SMILES string of the molecule is CC(C)ON=Cc1ccccc1-c1ccc(F)cc1. The van der Waals surface area contributed by atoms with Gasteiger partial charge in [0.1, 0.15) is 11.9 Å². The summed E-state index contributed by atoms with van der Waals surface area (Å²) in [5.74, 6) is -0.238. The lowest BCUT2D eigenvalue weighted by atomic mass is 10.0. The van der Waals surface area contributed by atoms with E-state index in [-0.39, 0.29) is 11.9 Å². The molecule has 0 aromatic heterocycles. The van der Waals surface area contributed by atoms with Crippen LogP contribution in [0.4, 0.5) is 4.39 Å². The smallest absolute Gasteiger partial charge is 0.123 e. The van der Waals surface area contributed by atoms with E-state index in [9.17, 15) is 4.39 Å². The summed E-state index contributed by atoms with van der Waals surface area (Å²) in [5, 5.41) is 3.95. The summed E-state index contributed by atoms with van der Waals surface area (Å²) in [4.78, 5) is 5.17. The van der Waals surface area contributed by atoms with E-state index >= 15 is 0 Å². The van der Waals surface area contributed by atoms with Crippen molar-refractivity contribution in [2.24, 2.45) is 5.16 Å². The minimum Gasteiger partial charge on any atom is -0.393 e. The fourth-order valence-corrected chi connectivity index (χ4v) is 1.71. The van der Waals surface area contributed by atoms with Crippen LogP contribution < -0.4 is 0 Å². The number of benzene rings is 2. The van der Waals surface area contributed by atoms with Crippen LogP contribution in [0.25, 0.3) is 11.1 Å². The van der Waals surface area contributed by atoms with Crippen LogP contribution in [0.5, 0.6) is 0 Å². The van der Waals surface area contributed by atoms with Gasteiger partial charge in [-0.3, -0.25) is 0 Å². The lowest BCUT2D eigenvalue weighted by molar-refractivity contribution is 0.0874. The van der Waals surface area contributed by atoms with E-state index in [4.69, 9.17) is 4.84 Å². The van der Waals surface area contributed by atoms with Gasteiger partial charge in [-0.05, 0) is 37.1 Å². The van der Waals surface area contributed by atoms with Crippen LogP contribution in [0.2, 0.25) is 0 Å². The van der Waals surface area contributed by atoms with Crippen molar-refractivity contribution in [2.45, 2.75) is 20.0 Å². The number of rotatable bonds is 4. The van der Waals surface area contributed by atoms with Crippen molar-refractivity contribution in [2.75, 3.05) is 0 Å². The third-order valence-electron chi connectivity index (χ3n) is 2.58. The summed E-state index contributed by atoms with van der Waals surface area (Å²) in [6, 6.07) is 14.2. The Kier molecular flexibility index (Phi) is 4.29. The van der Waals surface area contributed by atoms with E-state index < -0.39 is 0 Å². The molecule has 19 heavy (non-hydrogen) atoms. The van der Waals surface area contributed by atoms with E-state index in [2.05, 4.69) is 5.16 Å². The molecule has 3 heteroatoms. The molecule has 0 bridgehead atoms. The van der Waals surface area contributed by atoms with E-state index in [1.54, 1.807) is 18.3 Å². The van der Waals surface area contributed by atoms with E-state index in [1.807, 2.05) is 38.1 Å². The molecule has 0 radical (unpaired) electrons. The summed E-state index contributed by atoms with van der Waals surface area (Å²) in [7, 11) is 0. The average molecular weight is 257 g/mol. The van der Waals surface area contributed by atoms with Crippen LogP contribution in [-0.2, 0) is 4.84 Å². The highest BCUT2D eigenvalue weighted by molar-refractivity contribution is 5.90. The molecule has 98 valence electrons. The van der Waals surface area contributed by atoms with Gasteiger partial charge in [0, 0.05) is 5.56 Å². The van der Waals surface area contributed by atoms with Crippen molar-refractivity contribution in [3.8, 4) is 11.1 Å². The van der Waals surface area contributed by atoms with Crippen LogP contribution in [0.1, 0.15) is 19.4 Å². The lowest BCUT2D eigenvalue weighted by Crippen LogP contribution is -1.96. The van der Waals surface area contributed by atoms with Gasteiger partial charge < -0.3 is 4.84 Å². The summed E-state index contributed by atoms with van der Waals surface area (Å²) < 4.78 is 12.9. The molecule has 0 atom stereocenters. The van der Waals surface area contributed by atoms with Gasteiger partial charge in [0.2, 0.25) is 0 Å². The minimum atomic E-state index is -0.238. The molecule has 0 aliphatic rings. The molecular formula is C16H16FNO. The molecule has 0 saturated carbocycles. The minimum absolute atomic E-state index is 0.0502. The quantitative estimate of drug-likeness (QED) is 0.592. The first-order chi connectivity index (χ1) is 9.16. The van der Waals surface area contributed by atoms with Crippen molar-refractivity contribution in [3.63, 3.8) is 0 Å². The molecule has 0 heterocycles. The summed E-state index contributed by atoms with van der Waals surface area (Å²) in [6.45, 7) is 3.84. The fourth-order valence-electron chi connectivity index (χ4n) is 1.71. The molecule has 0 unspecified atom stereocenters. The summed E-state index contributed by atoms with van der Waals surface area (Å²) >= 11 is 0. The molecule has 2 aromatic rings. The molecule has 2 nitrogen and oxygen atoms in total. The largest absolute Gasteiger partial charge is 0.393 e. The Morgan fingerprint density at radius 1 is 1.05 bits per heavy atom. The van der Waals surface area contributed by atoms with Crippen molar-refractivity contribution < 1.29 is 9.23 Å². The lowest BCUT2D eigenvalue weighted by Gasteiger charge is -2.06. The number of nitrogens with zero attached hydrogens (tertiary/aromatic N) is 1. The van der Waals surface area contributed by atoms with Gasteiger partial charge in [0.25, 0.3) is 0 Å². The van der Waals surface area contributed by atoms with Crippen LogP contribution >= 0.6 is 0 Å². The summed E-state index contributed by atoms with van der Waals surface area (Å²) in [5.41, 5.74) is 2.89. The molecule has 0 aliphatic carbocycles. The van der Waals surface area contributed by atoms with Gasteiger partial charge in [-0.25, -0.2) is 4.39 Å². The Labute approximate surface area is 112 Å². The third kappa shape index (κ3) is 3.65. The second-order valence-corrected chi connectivity index (χ2v) is 4.48. The zero-order valence-electron chi connectivity index (χ0n) is 11.0. The molecule has 2 aromatic carbocycles. The molecule has 0 aliphatic heterocycles. The second kappa shape index (κ2) is 6.14. The topological polar surface area (TPSA) is 21.6 Å². The van der Waals surface area contributed by atoms with Gasteiger partial charge in [0.05, 0.1) is 6.21 Å². The van der Waals surface area contributed by atoms with Crippen LogP contribution in [0.15, 0.2) is 53.7 Å². The highest BCUT2D eigenvalue weighted by Crippen LogP contribution is 2.22. The van der Waals surface area contributed by atoms with E-state index in [0.29, 0.717) is 0 Å². The fraction of sp³-hybridized carbons (Fsp3) is 0.188. The Bertz CT molecular complexity index is 561. The zero-order chi connectivity index (χ0) is 13.7. The molecule has 0 N–H and O–H groups in total. The van der Waals surface area contributed by atoms with Crippen molar-refractivity contribution in [1.29, 1.82) is 0 Å². The number of oxime groups is 1. The Balaban J connectivity index is 2.30. The van der Waals surface area contributed by atoms with Crippen molar-refractivity contribution in [3.05, 3.63) is 59.9 Å². The highest BCUT2D eigenvalue weighted by atomic mass is 19.1. The van der Waals surface area contributed by atoms with Crippen LogP contribution in [0.3, 0.4) is 0 Å². The first kappa shape index (κ1) is 13.3. The van der Waals surface area contributed by atoms with Gasteiger partial charge in [-0.2, -0.15) is 0 Å². The molecule has 0 fully saturated rings. The second-order valence-electron chi connectivity index (χ2n) is 4.48. The van der Waals surface area contributed by atoms with Crippen molar-refractivity contribution >= 4 is 6.21 Å². The molecule has 0 spiro atoms. The van der Waals surface area contributed by atoms with Crippen molar-refractivity contribution in [1.82, 2.24) is 0 Å². The first-order valence-electron chi connectivity index (χ1n) is 6.21. The van der Waals surface area contributed by atoms with Gasteiger partial charge in [0.15, 0.2) is 0 Å². The number of halogens is 1. The van der Waals surface area contributed by atoms with E-state index in [1.165, 1.54) is 12.1 Å². The molecule has 2 rings (SSSR count). The van der Waals surface area contributed by atoms with Crippen LogP contribution in [-0.4, -0.2) is 12.3 Å². The number of hydrogen-bond donors (Lipinski definition) is 0. The standard InChI is InChI=1S/C16H16FNO/c1-12(2)19-18-11-14-5-3-4-6-16(14)13-7-9-15(17)10-8-13/h3-12H,1-2H3. The maximum Gasteiger partial charge on any atom is 0.123 e. The number of hydrogen-bond acceptors (Lipinski definition) is 2. The average Bonchev–Trinajstić information content (AvgIpc) is 2.40. The Hall–Kier alpha value is -2.16. The monoisotopic (exact) mass is 257 g/mol. The van der Waals surface area contributed by atoms with Crippen LogP contribution in [0, 0.1) is 5.82 Å². The highest BCUT2D eigenvalue weighted by Gasteiger charge is 2.03. The van der Waals surface area contributed by atoms with E-state index in [0.717, 1.165) is 16.7 Å². The molecule has 0 amide bonds. The normalized spacial score (nSPS) is 11.2. The first-order valence-corrected chi connectivity index (χ1v) is 6.21. The Morgan fingerprint density at radius 3 is 2.42 bits per heavy atom. The van der Waals surface area contributed by atoms with Gasteiger partial charge >= 0.3 is 0 Å².